The van der Waals surface area contributed by atoms with E-state index in [1.165, 1.54) is 5.56 Å². The number of aliphatic hydroxyl groups is 1. The third kappa shape index (κ3) is 2.44. The molecule has 0 radical (unpaired) electrons. The number of hydrogen-bond acceptors (Lipinski definition) is 2. The summed E-state index contributed by atoms with van der Waals surface area (Å²) >= 11 is 0. The van der Waals surface area contributed by atoms with Crippen molar-refractivity contribution >= 4 is 0 Å². The van der Waals surface area contributed by atoms with E-state index in [2.05, 4.69) is 19.1 Å². The van der Waals surface area contributed by atoms with Crippen molar-refractivity contribution in [2.24, 2.45) is 0 Å². The molecule has 2 aromatic rings. The number of aryl methyl sites for hydroxylation is 1. The van der Waals surface area contributed by atoms with Gasteiger partial charge in [0, 0.05) is 5.56 Å². The number of aliphatic hydroxyl groups excluding tert-OH is 1. The molecule has 0 amide bonds. The van der Waals surface area contributed by atoms with Crippen molar-refractivity contribution in [1.82, 2.24) is 0 Å². The molecule has 104 valence electrons. The summed E-state index contributed by atoms with van der Waals surface area (Å²) in [5, 5.41) is 10.6. The molecule has 0 spiro atoms. The van der Waals surface area contributed by atoms with Crippen LogP contribution in [0, 0.1) is 0 Å². The van der Waals surface area contributed by atoms with E-state index in [0.29, 0.717) is 6.61 Å². The molecule has 1 aliphatic heterocycles. The van der Waals surface area contributed by atoms with Crippen molar-refractivity contribution in [3.8, 4) is 5.75 Å². The van der Waals surface area contributed by atoms with E-state index in [1.54, 1.807) is 0 Å². The van der Waals surface area contributed by atoms with Crippen molar-refractivity contribution in [1.29, 1.82) is 0 Å². The zero-order chi connectivity index (χ0) is 13.9. The van der Waals surface area contributed by atoms with Crippen LogP contribution in [-0.4, -0.2) is 11.7 Å². The van der Waals surface area contributed by atoms with E-state index < -0.39 is 6.10 Å². The number of fused-ring (bicyclic) bond motifs is 1. The van der Waals surface area contributed by atoms with Gasteiger partial charge in [-0.15, -0.1) is 0 Å². The van der Waals surface area contributed by atoms with Gasteiger partial charge in [-0.2, -0.15) is 0 Å². The summed E-state index contributed by atoms with van der Waals surface area (Å²) in [6.45, 7) is 2.73. The summed E-state index contributed by atoms with van der Waals surface area (Å²) in [5.41, 5.74) is 3.40. The first kappa shape index (κ1) is 13.2. The smallest absolute Gasteiger partial charge is 0.123 e. The Balaban J connectivity index is 1.81. The van der Waals surface area contributed by atoms with Crippen molar-refractivity contribution in [2.75, 3.05) is 6.61 Å². The molecule has 2 heteroatoms. The topological polar surface area (TPSA) is 29.5 Å². The van der Waals surface area contributed by atoms with Gasteiger partial charge in [0.05, 0.1) is 18.6 Å². The lowest BCUT2D eigenvalue weighted by atomic mass is 9.90. The van der Waals surface area contributed by atoms with Gasteiger partial charge >= 0.3 is 0 Å². The van der Waals surface area contributed by atoms with Crippen LogP contribution in [0.4, 0.5) is 0 Å². The Morgan fingerprint density at radius 1 is 1.15 bits per heavy atom. The van der Waals surface area contributed by atoms with E-state index in [-0.39, 0.29) is 5.92 Å². The molecule has 2 nitrogen and oxygen atoms in total. The summed E-state index contributed by atoms with van der Waals surface area (Å²) in [6, 6.07) is 16.3. The normalized spacial score (nSPS) is 18.4. The molecule has 3 rings (SSSR count). The molecule has 1 heterocycles. The third-order valence-corrected chi connectivity index (χ3v) is 3.98. The molecule has 1 N–H and O–H groups in total. The first-order valence-corrected chi connectivity index (χ1v) is 7.28. The maximum absolute atomic E-state index is 10.6. The fourth-order valence-electron chi connectivity index (χ4n) is 2.85. The van der Waals surface area contributed by atoms with Gasteiger partial charge in [0.2, 0.25) is 0 Å². The zero-order valence-electron chi connectivity index (χ0n) is 11.8. The van der Waals surface area contributed by atoms with E-state index in [0.717, 1.165) is 29.7 Å². The van der Waals surface area contributed by atoms with Crippen molar-refractivity contribution in [3.05, 3.63) is 65.2 Å². The Bertz CT molecular complexity index is 574. The fourth-order valence-corrected chi connectivity index (χ4v) is 2.85. The van der Waals surface area contributed by atoms with Crippen LogP contribution in [0.25, 0.3) is 0 Å². The number of benzene rings is 2. The minimum Gasteiger partial charge on any atom is -0.493 e. The maximum atomic E-state index is 10.6. The highest BCUT2D eigenvalue weighted by Gasteiger charge is 2.30. The Hall–Kier alpha value is -1.80. The molecular weight excluding hydrogens is 248 g/mol. The van der Waals surface area contributed by atoms with Gasteiger partial charge in [-0.1, -0.05) is 55.8 Å². The minimum atomic E-state index is -0.505. The molecule has 0 aliphatic carbocycles. The molecule has 0 bridgehead atoms. The number of hydrogen-bond donors (Lipinski definition) is 1. The van der Waals surface area contributed by atoms with E-state index in [9.17, 15) is 5.11 Å². The van der Waals surface area contributed by atoms with E-state index in [4.69, 9.17) is 4.74 Å². The SMILES string of the molecule is CCCc1ccc(C(O)C2COc3ccccc32)cc1. The third-order valence-electron chi connectivity index (χ3n) is 3.98. The van der Waals surface area contributed by atoms with E-state index in [1.807, 2.05) is 36.4 Å². The summed E-state index contributed by atoms with van der Waals surface area (Å²) in [7, 11) is 0. The summed E-state index contributed by atoms with van der Waals surface area (Å²) in [6.07, 6.45) is 1.73. The molecular formula is C18H20O2. The number of rotatable bonds is 4. The fraction of sp³-hybridized carbons (Fsp3) is 0.333. The maximum Gasteiger partial charge on any atom is 0.123 e. The van der Waals surface area contributed by atoms with Crippen LogP contribution >= 0.6 is 0 Å². The Labute approximate surface area is 120 Å². The van der Waals surface area contributed by atoms with Gasteiger partial charge in [-0.25, -0.2) is 0 Å². The van der Waals surface area contributed by atoms with Crippen LogP contribution in [0.5, 0.6) is 5.75 Å². The molecule has 20 heavy (non-hydrogen) atoms. The molecule has 0 saturated carbocycles. The molecule has 2 aromatic carbocycles. The molecule has 2 unspecified atom stereocenters. The summed E-state index contributed by atoms with van der Waals surface area (Å²) in [4.78, 5) is 0. The van der Waals surface area contributed by atoms with E-state index >= 15 is 0 Å². The first-order chi connectivity index (χ1) is 9.79. The Morgan fingerprint density at radius 3 is 2.65 bits per heavy atom. The first-order valence-electron chi connectivity index (χ1n) is 7.28. The van der Waals surface area contributed by atoms with Crippen LogP contribution in [0.2, 0.25) is 0 Å². The number of para-hydroxylation sites is 1. The predicted molar refractivity (Wildman–Crippen MR) is 80.1 cm³/mol. The molecule has 0 saturated heterocycles. The van der Waals surface area contributed by atoms with Crippen LogP contribution in [-0.2, 0) is 6.42 Å². The highest BCUT2D eigenvalue weighted by molar-refractivity contribution is 5.41. The molecule has 0 fully saturated rings. The van der Waals surface area contributed by atoms with Crippen molar-refractivity contribution in [2.45, 2.75) is 31.8 Å². The van der Waals surface area contributed by atoms with Gasteiger partial charge in [0.25, 0.3) is 0 Å². The second-order valence-electron chi connectivity index (χ2n) is 5.39. The van der Waals surface area contributed by atoms with Gasteiger partial charge < -0.3 is 9.84 Å². The molecule has 1 aliphatic rings. The highest BCUT2D eigenvalue weighted by Crippen LogP contribution is 2.40. The Kier molecular flexibility index (Phi) is 3.75. The quantitative estimate of drug-likeness (QED) is 0.912. The zero-order valence-corrected chi connectivity index (χ0v) is 11.8. The lowest BCUT2D eigenvalue weighted by Gasteiger charge is -2.18. The summed E-state index contributed by atoms with van der Waals surface area (Å²) in [5.74, 6) is 0.933. The second kappa shape index (κ2) is 5.68. The summed E-state index contributed by atoms with van der Waals surface area (Å²) < 4.78 is 5.66. The molecule has 2 atom stereocenters. The van der Waals surface area contributed by atoms with Gasteiger partial charge in [0.1, 0.15) is 5.75 Å². The van der Waals surface area contributed by atoms with Gasteiger partial charge in [-0.3, -0.25) is 0 Å². The Morgan fingerprint density at radius 2 is 1.90 bits per heavy atom. The van der Waals surface area contributed by atoms with Crippen LogP contribution in [0.3, 0.4) is 0 Å². The monoisotopic (exact) mass is 268 g/mol. The van der Waals surface area contributed by atoms with Gasteiger partial charge in [-0.05, 0) is 23.6 Å². The second-order valence-corrected chi connectivity index (χ2v) is 5.39. The highest BCUT2D eigenvalue weighted by atomic mass is 16.5. The number of ether oxygens (including phenoxy) is 1. The van der Waals surface area contributed by atoms with Crippen LogP contribution < -0.4 is 4.74 Å². The molecule has 0 aromatic heterocycles. The lowest BCUT2D eigenvalue weighted by molar-refractivity contribution is 0.130. The predicted octanol–water partition coefficient (Wildman–Crippen LogP) is 3.85. The van der Waals surface area contributed by atoms with Crippen LogP contribution in [0.1, 0.15) is 42.1 Å². The van der Waals surface area contributed by atoms with Gasteiger partial charge in [0.15, 0.2) is 0 Å². The van der Waals surface area contributed by atoms with Crippen molar-refractivity contribution in [3.63, 3.8) is 0 Å². The minimum absolute atomic E-state index is 0.0308. The van der Waals surface area contributed by atoms with Crippen molar-refractivity contribution < 1.29 is 9.84 Å². The average Bonchev–Trinajstić information content (AvgIpc) is 2.92. The average molecular weight is 268 g/mol. The largest absolute Gasteiger partial charge is 0.493 e. The standard InChI is InChI=1S/C18H20O2/c1-2-5-13-8-10-14(11-9-13)18(19)16-12-20-17-7-4-3-6-15(16)17/h3-4,6-11,16,18-19H,2,5,12H2,1H3. The van der Waals surface area contributed by atoms with Crippen LogP contribution in [0.15, 0.2) is 48.5 Å². The lowest BCUT2D eigenvalue weighted by Crippen LogP contribution is -2.12.